The summed E-state index contributed by atoms with van der Waals surface area (Å²) in [6, 6.07) is 30.5. The predicted molar refractivity (Wildman–Crippen MR) is 248 cm³/mol. The number of hydrogen-bond acceptors (Lipinski definition) is 9. The lowest BCUT2D eigenvalue weighted by Gasteiger charge is -2.24. The van der Waals surface area contributed by atoms with E-state index >= 15 is 0 Å². The highest BCUT2D eigenvalue weighted by atomic mass is 35.5. The lowest BCUT2D eigenvalue weighted by molar-refractivity contribution is -0.145. The molecule has 0 aliphatic rings. The number of unbranched alkanes of at least 4 members (excludes halogenated alkanes) is 1. The molecule has 0 unspecified atom stereocenters. The number of amides is 3. The minimum atomic E-state index is -1.17. The van der Waals surface area contributed by atoms with Crippen LogP contribution in [0.15, 0.2) is 120 Å². The lowest BCUT2D eigenvalue weighted by atomic mass is 9.92. The molecule has 0 radical (unpaired) electrons. The van der Waals surface area contributed by atoms with Gasteiger partial charge in [-0.25, -0.2) is 4.84 Å². The van der Waals surface area contributed by atoms with E-state index in [4.69, 9.17) is 43.5 Å². The van der Waals surface area contributed by atoms with E-state index in [0.29, 0.717) is 43.2 Å². The Labute approximate surface area is 377 Å². The van der Waals surface area contributed by atoms with Crippen molar-refractivity contribution in [1.29, 1.82) is 0 Å². The van der Waals surface area contributed by atoms with E-state index in [9.17, 15) is 19.2 Å². The molecule has 0 saturated heterocycles. The molecular weight excluding hydrogens is 845 g/mol. The first-order valence-electron chi connectivity index (χ1n) is 20.7. The fourth-order valence-corrected chi connectivity index (χ4v) is 7.03. The van der Waals surface area contributed by atoms with E-state index in [0.717, 1.165) is 44.7 Å². The molecule has 7 N–H and O–H groups in total. The standard InChI is InChI=1S/C47H53Cl2N7O7/c1-3-27-61-39-24-21-33-15-7-9-17-35(33)43(39)44-36-18-10-8-16-34(36)22-25-40(44)62-30-41(57)54-37(19-11-12-26-52-48)46(60)55-38(23-20-31(2)53-47(50)56-49)45(59)51-28-42(58)63-29-32-13-5-4-6-14-32/h4-10,13-18,21-22,24-25,37-38,52H,2-3,11-12,19-20,23,26-30H2,1H3,(H,51,59)(H,54,57)(H,55,60)(H3,50,53,56)/t37-,38-/m1/s1. The molecule has 0 fully saturated rings. The zero-order valence-corrected chi connectivity index (χ0v) is 36.6. The van der Waals surface area contributed by atoms with E-state index in [-0.39, 0.29) is 31.8 Å². The van der Waals surface area contributed by atoms with Crippen molar-refractivity contribution in [3.05, 3.63) is 121 Å². The number of nitrogens with two attached hydrogens (primary N) is 1. The van der Waals surface area contributed by atoms with Gasteiger partial charge in [-0.15, -0.1) is 4.51 Å². The van der Waals surface area contributed by atoms with Gasteiger partial charge in [0.1, 0.15) is 36.7 Å². The Balaban J connectivity index is 1.34. The summed E-state index contributed by atoms with van der Waals surface area (Å²) in [6.07, 6.45) is 2.29. The maximum absolute atomic E-state index is 14.0. The minimum Gasteiger partial charge on any atom is -0.493 e. The number of ether oxygens (including phenoxy) is 3. The van der Waals surface area contributed by atoms with Gasteiger partial charge in [-0.3, -0.25) is 19.2 Å². The van der Waals surface area contributed by atoms with Crippen molar-refractivity contribution in [2.45, 2.75) is 64.1 Å². The van der Waals surface area contributed by atoms with Crippen LogP contribution >= 0.6 is 23.6 Å². The zero-order valence-electron chi connectivity index (χ0n) is 35.1. The van der Waals surface area contributed by atoms with E-state index in [1.165, 1.54) is 0 Å². The zero-order chi connectivity index (χ0) is 45.0. The van der Waals surface area contributed by atoms with Crippen molar-refractivity contribution in [3.8, 4) is 22.6 Å². The average molecular weight is 899 g/mol. The third kappa shape index (κ3) is 14.4. The van der Waals surface area contributed by atoms with Crippen LogP contribution in [0.25, 0.3) is 32.7 Å². The Kier molecular flexibility index (Phi) is 18.9. The number of carbonyl (C=O) groups is 4. The summed E-state index contributed by atoms with van der Waals surface area (Å²) < 4.78 is 21.3. The first-order valence-corrected chi connectivity index (χ1v) is 21.4. The molecule has 63 heavy (non-hydrogen) atoms. The number of nitrogens with one attached hydrogen (secondary N) is 5. The summed E-state index contributed by atoms with van der Waals surface area (Å²) in [5, 5.41) is 14.7. The molecule has 0 bridgehead atoms. The topological polar surface area (TPSA) is 194 Å². The van der Waals surface area contributed by atoms with Crippen LogP contribution in [0.1, 0.15) is 51.0 Å². The highest BCUT2D eigenvalue weighted by Crippen LogP contribution is 2.45. The Morgan fingerprint density at radius 1 is 0.762 bits per heavy atom. The van der Waals surface area contributed by atoms with Gasteiger partial charge in [0, 0.05) is 35.1 Å². The molecule has 2 atom stereocenters. The molecule has 0 saturated carbocycles. The molecule has 3 amide bonds. The van der Waals surface area contributed by atoms with Gasteiger partial charge in [-0.2, -0.15) is 0 Å². The second-order valence-electron chi connectivity index (χ2n) is 14.6. The first kappa shape index (κ1) is 47.7. The number of carbonyl (C=O) groups excluding carboxylic acids is 4. The van der Waals surface area contributed by atoms with Crippen molar-refractivity contribution >= 4 is 74.7 Å². The number of nitrogens with zero attached hydrogens (tertiary/aromatic N) is 1. The van der Waals surface area contributed by atoms with E-state index in [2.05, 4.69) is 37.2 Å². The van der Waals surface area contributed by atoms with Crippen LogP contribution in [0.2, 0.25) is 0 Å². The normalized spacial score (nSPS) is 12.2. The Morgan fingerprint density at radius 2 is 1.38 bits per heavy atom. The molecule has 16 heteroatoms. The molecule has 0 heterocycles. The third-order valence-corrected chi connectivity index (χ3v) is 10.3. The monoisotopic (exact) mass is 897 g/mol. The highest BCUT2D eigenvalue weighted by Gasteiger charge is 2.28. The lowest BCUT2D eigenvalue weighted by Crippen LogP contribution is -2.54. The van der Waals surface area contributed by atoms with Crippen LogP contribution in [0.5, 0.6) is 11.5 Å². The number of allylic oxidation sites excluding steroid dienone is 1. The van der Waals surface area contributed by atoms with E-state index < -0.39 is 48.9 Å². The molecule has 14 nitrogen and oxygen atoms in total. The third-order valence-electron chi connectivity index (χ3n) is 9.93. The molecule has 0 spiro atoms. The largest absolute Gasteiger partial charge is 0.493 e. The van der Waals surface area contributed by atoms with Gasteiger partial charge in [0.15, 0.2) is 6.61 Å². The predicted octanol–water partition coefficient (Wildman–Crippen LogP) is 6.92. The van der Waals surface area contributed by atoms with E-state index in [1.54, 1.807) is 12.1 Å². The van der Waals surface area contributed by atoms with Gasteiger partial charge >= 0.3 is 5.97 Å². The smallest absolute Gasteiger partial charge is 0.325 e. The van der Waals surface area contributed by atoms with Gasteiger partial charge in [-0.1, -0.05) is 104 Å². The van der Waals surface area contributed by atoms with Crippen molar-refractivity contribution in [1.82, 2.24) is 26.1 Å². The number of esters is 1. The fourth-order valence-electron chi connectivity index (χ4n) is 6.86. The second-order valence-corrected chi connectivity index (χ2v) is 15.1. The molecule has 5 rings (SSSR count). The summed E-state index contributed by atoms with van der Waals surface area (Å²) in [6.45, 7) is 6.04. The van der Waals surface area contributed by atoms with Gasteiger partial charge in [-0.05, 0) is 89.5 Å². The summed E-state index contributed by atoms with van der Waals surface area (Å²) in [5.41, 5.74) is 8.42. The van der Waals surface area contributed by atoms with Gasteiger partial charge < -0.3 is 41.2 Å². The SMILES string of the molecule is C=C(CC[C@@H](NC(=O)[C@@H](CCCCNCl)NC(=O)COc1ccc2ccccc2c1-c1c(OCCC)ccc2ccccc12)C(=O)NCC(=O)OCc1ccccc1)NC(N)=NCl. The summed E-state index contributed by atoms with van der Waals surface area (Å²) in [4.78, 5) is 56.5. The number of rotatable bonds is 24. The fraction of sp³-hybridized carbons (Fsp3) is 0.298. The second kappa shape index (κ2) is 24.9. The maximum atomic E-state index is 14.0. The van der Waals surface area contributed by atoms with E-state index in [1.807, 2.05) is 97.9 Å². The first-order chi connectivity index (χ1) is 30.6. The summed E-state index contributed by atoms with van der Waals surface area (Å²) >= 11 is 11.1. The Morgan fingerprint density at radius 3 is 2.02 bits per heavy atom. The van der Waals surface area contributed by atoms with Crippen molar-refractivity contribution in [3.63, 3.8) is 0 Å². The van der Waals surface area contributed by atoms with Crippen LogP contribution in [-0.4, -0.2) is 68.0 Å². The molecule has 5 aromatic rings. The van der Waals surface area contributed by atoms with Crippen LogP contribution in [0, 0.1) is 0 Å². The highest BCUT2D eigenvalue weighted by molar-refractivity contribution is 6.19. The summed E-state index contributed by atoms with van der Waals surface area (Å²) in [5.74, 6) is -1.51. The number of hydrogen-bond donors (Lipinski definition) is 6. The Hall–Kier alpha value is -6.35. The van der Waals surface area contributed by atoms with Gasteiger partial charge in [0.25, 0.3) is 5.91 Å². The number of fused-ring (bicyclic) bond motifs is 2. The molecule has 332 valence electrons. The molecule has 5 aromatic carbocycles. The minimum absolute atomic E-state index is 0.0227. The van der Waals surface area contributed by atoms with Crippen molar-refractivity contribution in [2.75, 3.05) is 26.3 Å². The molecule has 0 aliphatic heterocycles. The Bertz CT molecular complexity index is 2380. The van der Waals surface area contributed by atoms with Crippen molar-refractivity contribution < 1.29 is 33.4 Å². The molecule has 0 aromatic heterocycles. The quantitative estimate of drug-likeness (QED) is 0.0124. The van der Waals surface area contributed by atoms with Crippen LogP contribution < -0.4 is 41.3 Å². The average Bonchev–Trinajstić information content (AvgIpc) is 3.30. The van der Waals surface area contributed by atoms with Crippen LogP contribution in [0.4, 0.5) is 0 Å². The maximum Gasteiger partial charge on any atom is 0.325 e. The molecule has 0 aliphatic carbocycles. The van der Waals surface area contributed by atoms with Crippen LogP contribution in [-0.2, 0) is 30.5 Å². The molecular formula is C47H53Cl2N7O7. The van der Waals surface area contributed by atoms with Gasteiger partial charge in [0.2, 0.25) is 17.8 Å². The number of benzene rings is 5. The van der Waals surface area contributed by atoms with Crippen LogP contribution in [0.3, 0.4) is 0 Å². The number of halogens is 2. The van der Waals surface area contributed by atoms with Gasteiger partial charge in [0.05, 0.1) is 6.61 Å². The van der Waals surface area contributed by atoms with Crippen molar-refractivity contribution in [2.24, 2.45) is 10.2 Å². The summed E-state index contributed by atoms with van der Waals surface area (Å²) in [7, 11) is 0. The number of guanidine groups is 1.